The first-order valence-electron chi connectivity index (χ1n) is 9.32. The van der Waals surface area contributed by atoms with Gasteiger partial charge in [-0.05, 0) is 41.7 Å². The predicted molar refractivity (Wildman–Crippen MR) is 113 cm³/mol. The molecule has 0 N–H and O–H groups in total. The van der Waals surface area contributed by atoms with Crippen molar-refractivity contribution >= 4 is 26.0 Å². The molecule has 1 heterocycles. The van der Waals surface area contributed by atoms with Crippen LogP contribution in [0.1, 0.15) is 37.3 Å². The van der Waals surface area contributed by atoms with Gasteiger partial charge >= 0.3 is 0 Å². The number of likely N-dealkylation sites (N-methyl/N-ethyl adjacent to an activating group) is 1. The molecule has 1 atom stereocenters. The molecule has 2 aromatic carbocycles. The van der Waals surface area contributed by atoms with Crippen LogP contribution in [0, 0.1) is 0 Å². The van der Waals surface area contributed by atoms with Crippen LogP contribution in [-0.4, -0.2) is 43.8 Å². The second kappa shape index (κ2) is 8.43. The smallest absolute Gasteiger partial charge is 0.243 e. The molecule has 0 aliphatic carbocycles. The Bertz CT molecular complexity index is 881. The first kappa shape index (κ1) is 20.5. The monoisotopic (exact) mass is 450 g/mol. The third kappa shape index (κ3) is 4.80. The van der Waals surface area contributed by atoms with Gasteiger partial charge in [0, 0.05) is 37.2 Å². The van der Waals surface area contributed by atoms with Gasteiger partial charge in [-0.1, -0.05) is 60.1 Å². The van der Waals surface area contributed by atoms with E-state index in [0.29, 0.717) is 10.8 Å². The molecule has 6 heteroatoms. The average Bonchev–Trinajstić information content (AvgIpc) is 3.09. The van der Waals surface area contributed by atoms with Crippen molar-refractivity contribution in [1.82, 2.24) is 9.21 Å². The summed E-state index contributed by atoms with van der Waals surface area (Å²) in [6.07, 6.45) is 0.855. The zero-order valence-corrected chi connectivity index (χ0v) is 18.5. The summed E-state index contributed by atoms with van der Waals surface area (Å²) >= 11 is 3.36. The zero-order valence-electron chi connectivity index (χ0n) is 16.1. The van der Waals surface area contributed by atoms with Crippen molar-refractivity contribution in [2.75, 3.05) is 20.1 Å². The summed E-state index contributed by atoms with van der Waals surface area (Å²) in [6, 6.07) is 15.7. The zero-order chi connectivity index (χ0) is 19.6. The lowest BCUT2D eigenvalue weighted by atomic mass is 10.0. The molecule has 3 rings (SSSR count). The number of sulfonamides is 1. The van der Waals surface area contributed by atoms with Gasteiger partial charge in [0.2, 0.25) is 10.0 Å². The standard InChI is InChI=1S/C21H27BrN2O2S/c1-16(2)18-9-7-17(8-10-18)14-24-12-11-20(15-24)23(3)27(25,26)21-6-4-5-19(22)13-21/h4-10,13,16,20H,11-12,14-15H2,1-3H3. The number of likely N-dealkylation sites (tertiary alicyclic amines) is 1. The van der Waals surface area contributed by atoms with Crippen molar-refractivity contribution in [3.63, 3.8) is 0 Å². The van der Waals surface area contributed by atoms with Crippen LogP contribution in [0.4, 0.5) is 0 Å². The number of hydrogen-bond acceptors (Lipinski definition) is 3. The number of benzene rings is 2. The van der Waals surface area contributed by atoms with E-state index in [-0.39, 0.29) is 6.04 Å². The molecule has 1 aliphatic heterocycles. The van der Waals surface area contributed by atoms with E-state index in [1.165, 1.54) is 15.4 Å². The van der Waals surface area contributed by atoms with Gasteiger partial charge in [-0.25, -0.2) is 8.42 Å². The third-order valence-corrected chi connectivity index (χ3v) is 7.69. The van der Waals surface area contributed by atoms with Crippen molar-refractivity contribution in [2.24, 2.45) is 0 Å². The first-order valence-corrected chi connectivity index (χ1v) is 11.6. The Morgan fingerprint density at radius 2 is 1.89 bits per heavy atom. The Morgan fingerprint density at radius 1 is 1.19 bits per heavy atom. The molecule has 146 valence electrons. The summed E-state index contributed by atoms with van der Waals surface area (Å²) in [4.78, 5) is 2.67. The topological polar surface area (TPSA) is 40.6 Å². The second-order valence-corrected chi connectivity index (χ2v) is 10.5. The van der Waals surface area contributed by atoms with Crippen LogP contribution in [-0.2, 0) is 16.6 Å². The Morgan fingerprint density at radius 3 is 2.52 bits per heavy atom. The molecule has 2 aromatic rings. The highest BCUT2D eigenvalue weighted by molar-refractivity contribution is 9.10. The summed E-state index contributed by atoms with van der Waals surface area (Å²) < 4.78 is 28.2. The third-order valence-electron chi connectivity index (χ3n) is 5.29. The maximum Gasteiger partial charge on any atom is 0.243 e. The fraction of sp³-hybridized carbons (Fsp3) is 0.429. The Hall–Kier alpha value is -1.21. The molecule has 0 saturated carbocycles. The fourth-order valence-electron chi connectivity index (χ4n) is 3.51. The van der Waals surface area contributed by atoms with E-state index < -0.39 is 10.0 Å². The van der Waals surface area contributed by atoms with Gasteiger partial charge in [0.1, 0.15) is 0 Å². The number of halogens is 1. The van der Waals surface area contributed by atoms with Crippen LogP contribution >= 0.6 is 15.9 Å². The summed E-state index contributed by atoms with van der Waals surface area (Å²) in [5.41, 5.74) is 2.62. The second-order valence-electron chi connectivity index (χ2n) is 7.55. The maximum atomic E-state index is 12.9. The molecule has 0 aromatic heterocycles. The number of nitrogens with zero attached hydrogens (tertiary/aromatic N) is 2. The highest BCUT2D eigenvalue weighted by atomic mass is 79.9. The molecule has 4 nitrogen and oxygen atoms in total. The van der Waals surface area contributed by atoms with E-state index in [1.54, 1.807) is 25.2 Å². The maximum absolute atomic E-state index is 12.9. The molecule has 27 heavy (non-hydrogen) atoms. The molecule has 1 fully saturated rings. The lowest BCUT2D eigenvalue weighted by Gasteiger charge is -2.24. The summed E-state index contributed by atoms with van der Waals surface area (Å²) in [7, 11) is -1.78. The van der Waals surface area contributed by atoms with Crippen LogP contribution in [0.25, 0.3) is 0 Å². The molecular weight excluding hydrogens is 424 g/mol. The van der Waals surface area contributed by atoms with Crippen molar-refractivity contribution < 1.29 is 8.42 Å². The van der Waals surface area contributed by atoms with Crippen LogP contribution in [0.15, 0.2) is 57.9 Å². The summed E-state index contributed by atoms with van der Waals surface area (Å²) in [6.45, 7) is 6.92. The normalized spacial score (nSPS) is 18.5. The average molecular weight is 451 g/mol. The van der Waals surface area contributed by atoms with E-state index in [2.05, 4.69) is 58.9 Å². The quantitative estimate of drug-likeness (QED) is 0.651. The highest BCUT2D eigenvalue weighted by Gasteiger charge is 2.33. The lowest BCUT2D eigenvalue weighted by molar-refractivity contribution is 0.298. The van der Waals surface area contributed by atoms with E-state index in [0.717, 1.165) is 30.5 Å². The molecule has 0 amide bonds. The Kier molecular flexibility index (Phi) is 6.41. The van der Waals surface area contributed by atoms with Gasteiger partial charge in [-0.2, -0.15) is 4.31 Å². The highest BCUT2D eigenvalue weighted by Crippen LogP contribution is 2.25. The Balaban J connectivity index is 1.64. The van der Waals surface area contributed by atoms with Crippen LogP contribution in [0.3, 0.4) is 0 Å². The number of rotatable bonds is 6. The van der Waals surface area contributed by atoms with E-state index in [9.17, 15) is 8.42 Å². The molecular formula is C21H27BrN2O2S. The summed E-state index contributed by atoms with van der Waals surface area (Å²) in [5, 5.41) is 0. The van der Waals surface area contributed by atoms with E-state index >= 15 is 0 Å². The molecule has 0 bridgehead atoms. The van der Waals surface area contributed by atoms with Crippen molar-refractivity contribution in [3.05, 3.63) is 64.1 Å². The molecule has 1 saturated heterocycles. The van der Waals surface area contributed by atoms with Crippen molar-refractivity contribution in [3.8, 4) is 0 Å². The largest absolute Gasteiger partial charge is 0.297 e. The molecule has 0 spiro atoms. The minimum Gasteiger partial charge on any atom is -0.297 e. The molecule has 1 aliphatic rings. The Labute approximate surface area is 171 Å². The fourth-order valence-corrected chi connectivity index (χ4v) is 5.48. The van der Waals surface area contributed by atoms with Crippen molar-refractivity contribution in [2.45, 2.75) is 43.7 Å². The van der Waals surface area contributed by atoms with Crippen LogP contribution in [0.2, 0.25) is 0 Å². The van der Waals surface area contributed by atoms with E-state index in [4.69, 9.17) is 0 Å². The van der Waals surface area contributed by atoms with Gasteiger partial charge in [-0.3, -0.25) is 4.90 Å². The van der Waals surface area contributed by atoms with Gasteiger partial charge in [0.25, 0.3) is 0 Å². The van der Waals surface area contributed by atoms with Crippen LogP contribution < -0.4 is 0 Å². The van der Waals surface area contributed by atoms with Crippen molar-refractivity contribution in [1.29, 1.82) is 0 Å². The van der Waals surface area contributed by atoms with E-state index in [1.807, 2.05) is 6.07 Å². The predicted octanol–water partition coefficient (Wildman–Crippen LogP) is 4.47. The SMILES string of the molecule is CC(C)c1ccc(CN2CCC(N(C)S(=O)(=O)c3cccc(Br)c3)C2)cc1. The van der Waals surface area contributed by atoms with Crippen LogP contribution in [0.5, 0.6) is 0 Å². The van der Waals surface area contributed by atoms with Gasteiger partial charge in [0.15, 0.2) is 0 Å². The first-order chi connectivity index (χ1) is 12.8. The molecule has 1 unspecified atom stereocenters. The minimum atomic E-state index is -3.48. The lowest BCUT2D eigenvalue weighted by Crippen LogP contribution is -2.38. The minimum absolute atomic E-state index is 0.00363. The number of hydrogen-bond donors (Lipinski definition) is 0. The summed E-state index contributed by atoms with van der Waals surface area (Å²) in [5.74, 6) is 0.534. The van der Waals surface area contributed by atoms with Gasteiger partial charge in [-0.15, -0.1) is 0 Å². The van der Waals surface area contributed by atoms with Gasteiger partial charge in [0.05, 0.1) is 4.90 Å². The van der Waals surface area contributed by atoms with Gasteiger partial charge < -0.3 is 0 Å². The molecule has 0 radical (unpaired) electrons.